The fourth-order valence-electron chi connectivity index (χ4n) is 1.63. The highest BCUT2D eigenvalue weighted by Crippen LogP contribution is 2.32. The highest BCUT2D eigenvalue weighted by molar-refractivity contribution is 7.99. The Labute approximate surface area is 123 Å². The molecule has 2 rings (SSSR count). The maximum Gasteiger partial charge on any atom is 0.270 e. The molecule has 0 saturated carbocycles. The number of nitrogens with zero attached hydrogens (tertiary/aromatic N) is 2. The maximum atomic E-state index is 13.2. The number of nitro groups is 1. The second kappa shape index (κ2) is 6.23. The normalized spacial score (nSPS) is 11.4. The van der Waals surface area contributed by atoms with Crippen molar-refractivity contribution < 1.29 is 14.5 Å². The van der Waals surface area contributed by atoms with E-state index in [-0.39, 0.29) is 17.1 Å². The van der Waals surface area contributed by atoms with Gasteiger partial charge in [0.15, 0.2) is 5.84 Å². The second-order valence-corrected chi connectivity index (χ2v) is 5.10. The van der Waals surface area contributed by atoms with Crippen LogP contribution in [0.2, 0.25) is 0 Å². The highest BCUT2D eigenvalue weighted by Gasteiger charge is 2.15. The van der Waals surface area contributed by atoms with E-state index in [1.165, 1.54) is 30.3 Å². The largest absolute Gasteiger partial charge is 0.409 e. The van der Waals surface area contributed by atoms with Crippen molar-refractivity contribution in [3.8, 4) is 0 Å². The van der Waals surface area contributed by atoms with E-state index in [0.29, 0.717) is 9.79 Å². The van der Waals surface area contributed by atoms with Crippen LogP contribution in [-0.4, -0.2) is 16.0 Å². The second-order valence-electron chi connectivity index (χ2n) is 3.98. The summed E-state index contributed by atoms with van der Waals surface area (Å²) in [4.78, 5) is 11.3. The van der Waals surface area contributed by atoms with Crippen molar-refractivity contribution in [1.82, 2.24) is 0 Å². The summed E-state index contributed by atoms with van der Waals surface area (Å²) in [5.41, 5.74) is 5.57. The van der Waals surface area contributed by atoms with Crippen molar-refractivity contribution in [2.45, 2.75) is 9.79 Å². The molecular formula is C13H10FN3O3S. The van der Waals surface area contributed by atoms with Crippen molar-refractivity contribution in [2.75, 3.05) is 0 Å². The number of nitro benzene ring substituents is 1. The van der Waals surface area contributed by atoms with Crippen LogP contribution in [0.3, 0.4) is 0 Å². The topological polar surface area (TPSA) is 102 Å². The fraction of sp³-hybridized carbons (Fsp3) is 0. The molecule has 0 aliphatic heterocycles. The van der Waals surface area contributed by atoms with Gasteiger partial charge >= 0.3 is 0 Å². The van der Waals surface area contributed by atoms with Gasteiger partial charge in [-0.2, -0.15) is 0 Å². The number of nitrogens with two attached hydrogens (primary N) is 1. The van der Waals surface area contributed by atoms with Gasteiger partial charge in [0, 0.05) is 27.5 Å². The van der Waals surface area contributed by atoms with Crippen LogP contribution < -0.4 is 5.73 Å². The molecule has 3 N–H and O–H groups in total. The molecule has 108 valence electrons. The van der Waals surface area contributed by atoms with Crippen LogP contribution in [-0.2, 0) is 0 Å². The lowest BCUT2D eigenvalue weighted by Crippen LogP contribution is -2.14. The molecule has 6 nitrogen and oxygen atoms in total. The van der Waals surface area contributed by atoms with E-state index in [0.717, 1.165) is 11.8 Å². The third-order valence-electron chi connectivity index (χ3n) is 2.58. The maximum absolute atomic E-state index is 13.2. The summed E-state index contributed by atoms with van der Waals surface area (Å²) in [6.45, 7) is 0. The van der Waals surface area contributed by atoms with E-state index in [9.17, 15) is 14.5 Å². The molecule has 0 unspecified atom stereocenters. The SMILES string of the molecule is N/C(=N/O)c1cc([N+](=O)[O-])ccc1Sc1cccc(F)c1. The number of hydrogen-bond donors (Lipinski definition) is 2. The van der Waals surface area contributed by atoms with Gasteiger partial charge in [-0.25, -0.2) is 4.39 Å². The van der Waals surface area contributed by atoms with Gasteiger partial charge in [0.2, 0.25) is 0 Å². The molecule has 0 radical (unpaired) electrons. The fourth-order valence-corrected chi connectivity index (χ4v) is 2.61. The lowest BCUT2D eigenvalue weighted by atomic mass is 10.2. The number of oxime groups is 1. The smallest absolute Gasteiger partial charge is 0.270 e. The Bertz CT molecular complexity index is 722. The molecule has 0 bridgehead atoms. The first-order valence-corrected chi connectivity index (χ1v) is 6.52. The predicted molar refractivity (Wildman–Crippen MR) is 76.1 cm³/mol. The Morgan fingerprint density at radius 2 is 2.10 bits per heavy atom. The Kier molecular flexibility index (Phi) is 4.39. The highest BCUT2D eigenvalue weighted by atomic mass is 32.2. The summed E-state index contributed by atoms with van der Waals surface area (Å²) in [6, 6.07) is 9.84. The zero-order valence-electron chi connectivity index (χ0n) is 10.6. The Balaban J connectivity index is 2.45. The minimum atomic E-state index is -0.579. The van der Waals surface area contributed by atoms with Crippen molar-refractivity contribution >= 4 is 23.3 Å². The first-order chi connectivity index (χ1) is 10.0. The molecule has 2 aromatic carbocycles. The van der Waals surface area contributed by atoms with Crippen LogP contribution >= 0.6 is 11.8 Å². The molecule has 21 heavy (non-hydrogen) atoms. The Morgan fingerprint density at radius 3 is 2.71 bits per heavy atom. The van der Waals surface area contributed by atoms with E-state index in [1.54, 1.807) is 12.1 Å². The molecule has 2 aromatic rings. The van der Waals surface area contributed by atoms with Crippen LogP contribution in [0.4, 0.5) is 10.1 Å². The number of benzene rings is 2. The van der Waals surface area contributed by atoms with Gasteiger partial charge in [-0.3, -0.25) is 10.1 Å². The van der Waals surface area contributed by atoms with Crippen molar-refractivity contribution in [3.05, 3.63) is 64.0 Å². The zero-order valence-corrected chi connectivity index (χ0v) is 11.4. The van der Waals surface area contributed by atoms with E-state index in [1.807, 2.05) is 0 Å². The molecule has 0 saturated heterocycles. The molecule has 0 aliphatic rings. The minimum absolute atomic E-state index is 0.180. The van der Waals surface area contributed by atoms with Crippen LogP contribution in [0.1, 0.15) is 5.56 Å². The van der Waals surface area contributed by atoms with Gasteiger partial charge in [0.05, 0.1) is 4.92 Å². The molecule has 0 fully saturated rings. The van der Waals surface area contributed by atoms with Gasteiger partial charge in [-0.15, -0.1) is 0 Å². The molecule has 0 atom stereocenters. The van der Waals surface area contributed by atoms with Crippen molar-refractivity contribution in [2.24, 2.45) is 10.9 Å². The monoisotopic (exact) mass is 307 g/mol. The quantitative estimate of drug-likeness (QED) is 0.297. The van der Waals surface area contributed by atoms with Gasteiger partial charge in [0.25, 0.3) is 5.69 Å². The summed E-state index contributed by atoms with van der Waals surface area (Å²) in [6.07, 6.45) is 0. The van der Waals surface area contributed by atoms with Crippen LogP contribution in [0.5, 0.6) is 0 Å². The first kappa shape index (κ1) is 14.8. The van der Waals surface area contributed by atoms with Gasteiger partial charge in [-0.1, -0.05) is 23.0 Å². The van der Waals surface area contributed by atoms with E-state index >= 15 is 0 Å². The summed E-state index contributed by atoms with van der Waals surface area (Å²) >= 11 is 1.16. The number of rotatable bonds is 4. The molecule has 0 aliphatic carbocycles. The standard InChI is InChI=1S/C13H10FN3O3S/c14-8-2-1-3-10(6-8)21-12-5-4-9(17(19)20)7-11(12)13(15)16-18/h1-7,18H,(H2,15,16). The molecule has 0 amide bonds. The minimum Gasteiger partial charge on any atom is -0.409 e. The van der Waals surface area contributed by atoms with Crippen LogP contribution in [0.15, 0.2) is 57.4 Å². The number of amidine groups is 1. The van der Waals surface area contributed by atoms with Crippen molar-refractivity contribution in [1.29, 1.82) is 0 Å². The lowest BCUT2D eigenvalue weighted by Gasteiger charge is -2.08. The summed E-state index contributed by atoms with van der Waals surface area (Å²) in [5, 5.41) is 22.4. The Morgan fingerprint density at radius 1 is 1.33 bits per heavy atom. The van der Waals surface area contributed by atoms with Gasteiger partial charge in [-0.05, 0) is 24.3 Å². The molecule has 0 heterocycles. The van der Waals surface area contributed by atoms with E-state index < -0.39 is 10.7 Å². The van der Waals surface area contributed by atoms with Gasteiger partial charge in [0.1, 0.15) is 5.82 Å². The lowest BCUT2D eigenvalue weighted by molar-refractivity contribution is -0.384. The average Bonchev–Trinajstić information content (AvgIpc) is 2.46. The summed E-state index contributed by atoms with van der Waals surface area (Å²) < 4.78 is 13.2. The molecule has 8 heteroatoms. The summed E-state index contributed by atoms with van der Waals surface area (Å²) in [5.74, 6) is -0.648. The molecular weight excluding hydrogens is 297 g/mol. The average molecular weight is 307 g/mol. The zero-order chi connectivity index (χ0) is 15.4. The first-order valence-electron chi connectivity index (χ1n) is 5.71. The van der Waals surface area contributed by atoms with E-state index in [2.05, 4.69) is 5.16 Å². The Hall–Kier alpha value is -2.61. The van der Waals surface area contributed by atoms with Crippen LogP contribution in [0.25, 0.3) is 0 Å². The third kappa shape index (κ3) is 3.48. The predicted octanol–water partition coefficient (Wildman–Crippen LogP) is 2.98. The van der Waals surface area contributed by atoms with Gasteiger partial charge < -0.3 is 10.9 Å². The number of non-ortho nitro benzene ring substituents is 1. The van der Waals surface area contributed by atoms with Crippen LogP contribution in [0, 0.1) is 15.9 Å². The number of hydrogen-bond acceptors (Lipinski definition) is 5. The molecule has 0 spiro atoms. The van der Waals surface area contributed by atoms with E-state index in [4.69, 9.17) is 10.9 Å². The van der Waals surface area contributed by atoms with Crippen molar-refractivity contribution in [3.63, 3.8) is 0 Å². The third-order valence-corrected chi connectivity index (χ3v) is 3.65. The summed E-state index contributed by atoms with van der Waals surface area (Å²) in [7, 11) is 0. The molecule has 0 aromatic heterocycles. The number of halogens is 1.